The third-order valence-electron chi connectivity index (χ3n) is 3.37. The van der Waals surface area contributed by atoms with E-state index in [0.29, 0.717) is 6.04 Å². The highest BCUT2D eigenvalue weighted by molar-refractivity contribution is 5.02. The van der Waals surface area contributed by atoms with Gasteiger partial charge in [-0.05, 0) is 33.7 Å². The van der Waals surface area contributed by atoms with Crippen LogP contribution < -0.4 is 10.6 Å². The Morgan fingerprint density at radius 3 is 3.06 bits per heavy atom. The summed E-state index contributed by atoms with van der Waals surface area (Å²) >= 11 is 0. The summed E-state index contributed by atoms with van der Waals surface area (Å²) in [5, 5.41) is 7.03. The number of nitrogens with one attached hydrogen (secondary N) is 2. The summed E-state index contributed by atoms with van der Waals surface area (Å²) in [6.07, 6.45) is 5.07. The normalized spacial score (nSPS) is 25.5. The quantitative estimate of drug-likeness (QED) is 0.807. The van der Waals surface area contributed by atoms with Gasteiger partial charge in [0.15, 0.2) is 0 Å². The second-order valence-corrected chi connectivity index (χ2v) is 5.23. The maximum absolute atomic E-state index is 4.22. The van der Waals surface area contributed by atoms with E-state index in [9.17, 15) is 0 Å². The van der Waals surface area contributed by atoms with Crippen LogP contribution in [-0.4, -0.2) is 28.2 Å². The summed E-state index contributed by atoms with van der Waals surface area (Å²) < 4.78 is 2.22. The van der Waals surface area contributed by atoms with Crippen LogP contribution in [-0.2, 0) is 6.54 Å². The molecule has 0 spiro atoms. The van der Waals surface area contributed by atoms with E-state index in [-0.39, 0.29) is 5.54 Å². The Kier molecular flexibility index (Phi) is 3.30. The number of imidazole rings is 1. The maximum atomic E-state index is 4.22. The van der Waals surface area contributed by atoms with E-state index in [4.69, 9.17) is 0 Å². The van der Waals surface area contributed by atoms with Crippen LogP contribution in [0, 0.1) is 0 Å². The number of hydrogen-bond acceptors (Lipinski definition) is 3. The third-order valence-corrected chi connectivity index (χ3v) is 3.37. The third kappa shape index (κ3) is 2.44. The van der Waals surface area contributed by atoms with Crippen LogP contribution in [0.1, 0.15) is 38.9 Å². The lowest BCUT2D eigenvalue weighted by Gasteiger charge is -2.25. The standard InChI is InChI=1S/C12H22N4/c1-10(2)16-9-14-6-11(16)7-15-12(3)4-5-13-8-12/h6,9-10,13,15H,4-5,7-8H2,1-3H3. The van der Waals surface area contributed by atoms with Gasteiger partial charge >= 0.3 is 0 Å². The molecule has 1 atom stereocenters. The molecule has 2 rings (SSSR count). The minimum atomic E-state index is 0.242. The van der Waals surface area contributed by atoms with Gasteiger partial charge in [-0.3, -0.25) is 0 Å². The van der Waals surface area contributed by atoms with Crippen LogP contribution in [0.4, 0.5) is 0 Å². The Labute approximate surface area is 97.4 Å². The van der Waals surface area contributed by atoms with Crippen molar-refractivity contribution in [1.29, 1.82) is 0 Å². The van der Waals surface area contributed by atoms with Gasteiger partial charge in [0.25, 0.3) is 0 Å². The van der Waals surface area contributed by atoms with Crippen LogP contribution >= 0.6 is 0 Å². The Hall–Kier alpha value is -0.870. The monoisotopic (exact) mass is 222 g/mol. The summed E-state index contributed by atoms with van der Waals surface area (Å²) in [5.41, 5.74) is 1.51. The zero-order chi connectivity index (χ0) is 11.6. The smallest absolute Gasteiger partial charge is 0.0951 e. The van der Waals surface area contributed by atoms with Crippen LogP contribution in [0.15, 0.2) is 12.5 Å². The number of nitrogens with zero attached hydrogens (tertiary/aromatic N) is 2. The van der Waals surface area contributed by atoms with Gasteiger partial charge in [-0.25, -0.2) is 4.98 Å². The van der Waals surface area contributed by atoms with Gasteiger partial charge < -0.3 is 15.2 Å². The molecule has 1 aliphatic rings. The van der Waals surface area contributed by atoms with Crippen molar-refractivity contribution in [2.75, 3.05) is 13.1 Å². The first kappa shape index (κ1) is 11.6. The van der Waals surface area contributed by atoms with Gasteiger partial charge in [-0.15, -0.1) is 0 Å². The molecule has 90 valence electrons. The summed E-state index contributed by atoms with van der Waals surface area (Å²) in [6.45, 7) is 9.73. The molecule has 0 bridgehead atoms. The lowest BCUT2D eigenvalue weighted by atomic mass is 10.0. The second-order valence-electron chi connectivity index (χ2n) is 5.23. The van der Waals surface area contributed by atoms with Crippen LogP contribution in [0.2, 0.25) is 0 Å². The molecule has 0 amide bonds. The van der Waals surface area contributed by atoms with E-state index < -0.39 is 0 Å². The Balaban J connectivity index is 1.96. The van der Waals surface area contributed by atoms with Crippen molar-refractivity contribution in [2.45, 2.75) is 45.3 Å². The van der Waals surface area contributed by atoms with Gasteiger partial charge in [0.2, 0.25) is 0 Å². The highest BCUT2D eigenvalue weighted by atomic mass is 15.1. The van der Waals surface area contributed by atoms with E-state index in [1.807, 2.05) is 12.5 Å². The number of aromatic nitrogens is 2. The first-order valence-corrected chi connectivity index (χ1v) is 6.07. The molecule has 4 nitrogen and oxygen atoms in total. The molecule has 1 saturated heterocycles. The predicted octanol–water partition coefficient (Wildman–Crippen LogP) is 1.31. The fourth-order valence-corrected chi connectivity index (χ4v) is 2.21. The first-order chi connectivity index (χ1) is 7.61. The molecule has 2 heterocycles. The SMILES string of the molecule is CC(C)n1cncc1CNC1(C)CCNC1. The molecule has 0 aliphatic carbocycles. The fourth-order valence-electron chi connectivity index (χ4n) is 2.21. The molecule has 0 radical (unpaired) electrons. The Bertz CT molecular complexity index is 337. The van der Waals surface area contributed by atoms with Gasteiger partial charge in [-0.2, -0.15) is 0 Å². The molecule has 1 fully saturated rings. The topological polar surface area (TPSA) is 41.9 Å². The zero-order valence-electron chi connectivity index (χ0n) is 10.5. The van der Waals surface area contributed by atoms with E-state index in [2.05, 4.69) is 41.0 Å². The molecule has 1 aliphatic heterocycles. The fraction of sp³-hybridized carbons (Fsp3) is 0.750. The molecule has 16 heavy (non-hydrogen) atoms. The van der Waals surface area contributed by atoms with Crippen molar-refractivity contribution in [1.82, 2.24) is 20.2 Å². The molecular weight excluding hydrogens is 200 g/mol. The molecule has 0 saturated carbocycles. The average Bonchev–Trinajstić information content (AvgIpc) is 2.83. The lowest BCUT2D eigenvalue weighted by molar-refractivity contribution is 0.377. The van der Waals surface area contributed by atoms with Crippen molar-refractivity contribution in [2.24, 2.45) is 0 Å². The van der Waals surface area contributed by atoms with E-state index in [1.54, 1.807) is 0 Å². The molecule has 0 aromatic carbocycles. The maximum Gasteiger partial charge on any atom is 0.0951 e. The van der Waals surface area contributed by atoms with Gasteiger partial charge in [0.05, 0.1) is 12.0 Å². The van der Waals surface area contributed by atoms with Crippen LogP contribution in [0.3, 0.4) is 0 Å². The average molecular weight is 222 g/mol. The van der Waals surface area contributed by atoms with E-state index >= 15 is 0 Å². The lowest BCUT2D eigenvalue weighted by Crippen LogP contribution is -2.43. The van der Waals surface area contributed by atoms with Gasteiger partial charge in [0, 0.05) is 30.9 Å². The number of hydrogen-bond donors (Lipinski definition) is 2. The van der Waals surface area contributed by atoms with Crippen molar-refractivity contribution in [3.8, 4) is 0 Å². The summed E-state index contributed by atoms with van der Waals surface area (Å²) in [5.74, 6) is 0. The zero-order valence-corrected chi connectivity index (χ0v) is 10.5. The highest BCUT2D eigenvalue weighted by Gasteiger charge is 2.27. The summed E-state index contributed by atoms with van der Waals surface area (Å²) in [6, 6.07) is 0.480. The van der Waals surface area contributed by atoms with Gasteiger partial charge in [-0.1, -0.05) is 0 Å². The van der Waals surface area contributed by atoms with Crippen molar-refractivity contribution in [3.05, 3.63) is 18.2 Å². The minimum absolute atomic E-state index is 0.242. The van der Waals surface area contributed by atoms with E-state index in [1.165, 1.54) is 12.1 Å². The van der Waals surface area contributed by atoms with Gasteiger partial charge in [0.1, 0.15) is 0 Å². The second kappa shape index (κ2) is 4.55. The molecule has 1 aromatic heterocycles. The molecule has 4 heteroatoms. The van der Waals surface area contributed by atoms with Crippen molar-refractivity contribution < 1.29 is 0 Å². The predicted molar refractivity (Wildman–Crippen MR) is 65.3 cm³/mol. The molecule has 2 N–H and O–H groups in total. The highest BCUT2D eigenvalue weighted by Crippen LogP contribution is 2.15. The molecular formula is C12H22N4. The largest absolute Gasteiger partial charge is 0.331 e. The first-order valence-electron chi connectivity index (χ1n) is 6.07. The summed E-state index contributed by atoms with van der Waals surface area (Å²) in [4.78, 5) is 4.22. The molecule has 1 aromatic rings. The summed E-state index contributed by atoms with van der Waals surface area (Å²) in [7, 11) is 0. The Morgan fingerprint density at radius 2 is 2.44 bits per heavy atom. The number of rotatable bonds is 4. The minimum Gasteiger partial charge on any atom is -0.331 e. The van der Waals surface area contributed by atoms with Crippen molar-refractivity contribution in [3.63, 3.8) is 0 Å². The molecule has 1 unspecified atom stereocenters. The van der Waals surface area contributed by atoms with Crippen LogP contribution in [0.5, 0.6) is 0 Å². The van der Waals surface area contributed by atoms with E-state index in [0.717, 1.165) is 19.6 Å². The van der Waals surface area contributed by atoms with Crippen molar-refractivity contribution >= 4 is 0 Å². The van der Waals surface area contributed by atoms with Crippen LogP contribution in [0.25, 0.3) is 0 Å². The Morgan fingerprint density at radius 1 is 1.62 bits per heavy atom.